The Labute approximate surface area is 349 Å². The van der Waals surface area contributed by atoms with Gasteiger partial charge in [0.1, 0.15) is 41.3 Å². The molecule has 0 fully saturated rings. The van der Waals surface area contributed by atoms with Crippen molar-refractivity contribution in [3.8, 4) is 28.7 Å². The van der Waals surface area contributed by atoms with Crippen molar-refractivity contribution in [2.45, 2.75) is 85.7 Å². The smallest absolute Gasteiger partial charge is 0.508 e. The molecular weight excluding hydrogens is 751 g/mol. The average Bonchev–Trinajstić information content (AvgIpc) is 3.21. The number of nitrogens with one attached hydrogen (secondary N) is 1. The number of rotatable bonds is 12. The molecule has 0 saturated heterocycles. The molecule has 0 radical (unpaired) electrons. The molecule has 0 bridgehead atoms. The van der Waals surface area contributed by atoms with Crippen molar-refractivity contribution in [3.63, 3.8) is 0 Å². The third kappa shape index (κ3) is 18.5. The number of hydrogen-bond donors (Lipinski definition) is 2. The van der Waals surface area contributed by atoms with E-state index in [9.17, 15) is 14.4 Å². The van der Waals surface area contributed by atoms with Crippen LogP contribution in [0.3, 0.4) is 0 Å². The summed E-state index contributed by atoms with van der Waals surface area (Å²) in [4.78, 5) is 44.8. The number of para-hydroxylation sites is 1. The zero-order valence-corrected chi connectivity index (χ0v) is 35.9. The van der Waals surface area contributed by atoms with Gasteiger partial charge in [-0.05, 0) is 86.6 Å². The van der Waals surface area contributed by atoms with Crippen molar-refractivity contribution >= 4 is 30.6 Å². The molecule has 0 spiro atoms. The minimum absolute atomic E-state index is 0.142. The second kappa shape index (κ2) is 25.6. The molecule has 0 aliphatic heterocycles. The van der Waals surface area contributed by atoms with Gasteiger partial charge in [-0.25, -0.2) is 9.59 Å². The topological polar surface area (TPSA) is 147 Å². The first-order valence-corrected chi connectivity index (χ1v) is 18.9. The van der Waals surface area contributed by atoms with Crippen LogP contribution in [0.25, 0.3) is 0 Å². The summed E-state index contributed by atoms with van der Waals surface area (Å²) in [7, 11) is 1.68. The highest BCUT2D eigenvalue weighted by molar-refractivity contribution is 5.82. The number of aliphatic hydroxyl groups is 1. The number of benzene rings is 4. The van der Waals surface area contributed by atoms with E-state index in [4.69, 9.17) is 33.6 Å². The minimum Gasteiger partial charge on any atom is -0.508 e. The Morgan fingerprint density at radius 3 is 1.85 bits per heavy atom. The highest BCUT2D eigenvalue weighted by atomic mass is 16.7. The first-order chi connectivity index (χ1) is 27.9. The lowest BCUT2D eigenvalue weighted by atomic mass is 9.86. The Balaban J connectivity index is 0.000000711. The highest BCUT2D eigenvalue weighted by Crippen LogP contribution is 2.41. The van der Waals surface area contributed by atoms with Crippen molar-refractivity contribution < 1.29 is 48.0 Å². The summed E-state index contributed by atoms with van der Waals surface area (Å²) in [5.41, 5.74) is 0.733. The Morgan fingerprint density at radius 2 is 1.34 bits per heavy atom. The molecule has 0 aliphatic carbocycles. The van der Waals surface area contributed by atoms with E-state index in [1.807, 2.05) is 46.6 Å². The fourth-order valence-corrected chi connectivity index (χ4v) is 4.80. The van der Waals surface area contributed by atoms with Gasteiger partial charge in [0.15, 0.2) is 0 Å². The van der Waals surface area contributed by atoms with Gasteiger partial charge in [-0.2, -0.15) is 0 Å². The fraction of sp³-hybridized carbons (Fsp3) is 0.292. The maximum Gasteiger partial charge on any atom is 0.519 e. The lowest BCUT2D eigenvalue weighted by Gasteiger charge is -2.28. The lowest BCUT2D eigenvalue weighted by Crippen LogP contribution is -2.41. The van der Waals surface area contributed by atoms with Crippen LogP contribution >= 0.6 is 0 Å². The molecule has 1 atom stereocenters. The molecule has 4 aromatic rings. The first kappa shape index (κ1) is 50.4. The van der Waals surface area contributed by atoms with Crippen LogP contribution in [0.5, 0.6) is 28.7 Å². The standard InChI is InChI=1S/C30H33NO8.C10H14.C7H10O.CH2O/c1-19(32)35-21-14-11-15-22(16-21)37-28(34)38-25-18-24(31-7)26(17-23(25)29(2,3)4)39-30(5,6)27(33)36-20-12-9-8-10-13-20;1-3-9(2)10-7-5-4-6-8-10;1-3-5-6-7(8)4-2;1-2/h8-18,31H,1-7H3;4-9H,3H2,1-2H3;3-6,8H,2H2,1H3;1H2/b;;5-3-,7-6+;. The largest absolute Gasteiger partial charge is 0.519 e. The van der Waals surface area contributed by atoms with E-state index in [1.54, 1.807) is 81.6 Å². The van der Waals surface area contributed by atoms with Crippen molar-refractivity contribution in [1.29, 1.82) is 0 Å². The maximum absolute atomic E-state index is 12.9. The summed E-state index contributed by atoms with van der Waals surface area (Å²) >= 11 is 0. The van der Waals surface area contributed by atoms with Crippen LogP contribution in [0.2, 0.25) is 0 Å². The molecule has 0 aromatic heterocycles. The van der Waals surface area contributed by atoms with Gasteiger partial charge in [0.05, 0.1) is 5.69 Å². The second-order valence-electron chi connectivity index (χ2n) is 14.2. The van der Waals surface area contributed by atoms with Gasteiger partial charge in [0.2, 0.25) is 5.60 Å². The van der Waals surface area contributed by atoms with E-state index in [0.717, 1.165) is 0 Å². The number of hydrogen-bond acceptors (Lipinski definition) is 11. The number of carbonyl (C=O) groups is 4. The lowest BCUT2D eigenvalue weighted by molar-refractivity contribution is -0.149. The van der Waals surface area contributed by atoms with Crippen molar-refractivity contribution in [1.82, 2.24) is 0 Å². The molecule has 0 heterocycles. The molecule has 2 N–H and O–H groups in total. The summed E-state index contributed by atoms with van der Waals surface area (Å²) in [5, 5.41) is 11.7. The molecule has 4 aromatic carbocycles. The highest BCUT2D eigenvalue weighted by Gasteiger charge is 2.34. The van der Waals surface area contributed by atoms with Crippen LogP contribution in [-0.4, -0.2) is 42.6 Å². The van der Waals surface area contributed by atoms with Gasteiger partial charge >= 0.3 is 18.1 Å². The van der Waals surface area contributed by atoms with Gasteiger partial charge in [-0.15, -0.1) is 0 Å². The van der Waals surface area contributed by atoms with Crippen LogP contribution in [0.1, 0.15) is 85.8 Å². The summed E-state index contributed by atoms with van der Waals surface area (Å²) < 4.78 is 27.6. The van der Waals surface area contributed by atoms with E-state index < -0.39 is 29.1 Å². The van der Waals surface area contributed by atoms with Gasteiger partial charge in [0, 0.05) is 31.7 Å². The number of allylic oxidation sites excluding steroid dienone is 4. The quantitative estimate of drug-likeness (QED) is 0.0463. The number of aliphatic hydroxyl groups excluding tert-OH is 1. The fourth-order valence-electron chi connectivity index (χ4n) is 4.80. The molecule has 59 heavy (non-hydrogen) atoms. The van der Waals surface area contributed by atoms with Gasteiger partial charge in [-0.3, -0.25) is 4.79 Å². The number of carbonyl (C=O) groups excluding carboxylic acids is 4. The van der Waals surface area contributed by atoms with E-state index in [1.165, 1.54) is 37.1 Å². The Bertz CT molecular complexity index is 1980. The summed E-state index contributed by atoms with van der Waals surface area (Å²) in [6, 6.07) is 28.8. The van der Waals surface area contributed by atoms with E-state index in [0.29, 0.717) is 28.7 Å². The molecule has 0 amide bonds. The van der Waals surface area contributed by atoms with Crippen LogP contribution in [0.15, 0.2) is 134 Å². The molecular formula is C48H59NO10. The summed E-state index contributed by atoms with van der Waals surface area (Å²) in [5.74, 6) is 1.22. The third-order valence-corrected chi connectivity index (χ3v) is 8.08. The second-order valence-corrected chi connectivity index (χ2v) is 14.2. The van der Waals surface area contributed by atoms with Gasteiger partial charge < -0.3 is 38.9 Å². The Hall–Kier alpha value is -6.62. The van der Waals surface area contributed by atoms with Crippen LogP contribution < -0.4 is 29.0 Å². The number of esters is 2. The van der Waals surface area contributed by atoms with E-state index >= 15 is 0 Å². The average molecular weight is 810 g/mol. The zero-order valence-electron chi connectivity index (χ0n) is 35.9. The number of ether oxygens (including phenoxy) is 5. The molecule has 1 unspecified atom stereocenters. The Morgan fingerprint density at radius 1 is 0.780 bits per heavy atom. The molecule has 0 aliphatic rings. The van der Waals surface area contributed by atoms with Crippen molar-refractivity contribution in [2.24, 2.45) is 0 Å². The van der Waals surface area contributed by atoms with Crippen LogP contribution in [-0.2, 0) is 19.8 Å². The molecule has 11 heteroatoms. The summed E-state index contributed by atoms with van der Waals surface area (Å²) in [6.45, 7) is 22.1. The molecule has 11 nitrogen and oxygen atoms in total. The number of anilines is 1. The first-order valence-electron chi connectivity index (χ1n) is 18.9. The summed E-state index contributed by atoms with van der Waals surface area (Å²) in [6.07, 6.45) is 6.79. The van der Waals surface area contributed by atoms with E-state index in [2.05, 4.69) is 56.1 Å². The van der Waals surface area contributed by atoms with Crippen LogP contribution in [0.4, 0.5) is 10.5 Å². The van der Waals surface area contributed by atoms with Crippen LogP contribution in [0, 0.1) is 0 Å². The molecule has 4 rings (SSSR count). The zero-order chi connectivity index (χ0) is 44.6. The normalized spacial score (nSPS) is 11.4. The minimum atomic E-state index is -1.34. The van der Waals surface area contributed by atoms with Crippen molar-refractivity contribution in [3.05, 3.63) is 145 Å². The monoisotopic (exact) mass is 809 g/mol. The van der Waals surface area contributed by atoms with Gasteiger partial charge in [0.25, 0.3) is 0 Å². The molecule has 316 valence electrons. The Kier molecular flexibility index (Phi) is 21.9. The predicted octanol–water partition coefficient (Wildman–Crippen LogP) is 11.5. The predicted molar refractivity (Wildman–Crippen MR) is 234 cm³/mol. The SMILES string of the molecule is C=C/C(O)=C\C=C/C.C=O.CCC(C)c1ccccc1.CNc1cc(OC(=O)Oc2cccc(OC(C)=O)c2)c(C(C)(C)C)cc1OC(C)(C)C(=O)Oc1ccccc1. The molecule has 0 saturated carbocycles. The van der Waals surface area contributed by atoms with Gasteiger partial charge in [-0.1, -0.05) is 108 Å². The maximum atomic E-state index is 12.9. The third-order valence-electron chi connectivity index (χ3n) is 8.08. The van der Waals surface area contributed by atoms with E-state index in [-0.39, 0.29) is 23.0 Å². The van der Waals surface area contributed by atoms with Crippen molar-refractivity contribution in [2.75, 3.05) is 12.4 Å².